The maximum Gasteiger partial charge on any atom is 0.333 e. The van der Waals surface area contributed by atoms with E-state index in [-0.39, 0.29) is 6.61 Å². The molecule has 70 valence electrons. The quantitative estimate of drug-likeness (QED) is 0.493. The van der Waals surface area contributed by atoms with E-state index in [4.69, 9.17) is 14.9 Å². The molecule has 0 aromatic heterocycles. The van der Waals surface area contributed by atoms with Gasteiger partial charge in [-0.15, -0.1) is 0 Å². The minimum atomic E-state index is -1.10. The first kappa shape index (κ1) is 9.44. The maximum atomic E-state index is 10.5. The second-order valence-corrected chi connectivity index (χ2v) is 2.97. The highest BCUT2D eigenvalue weighted by Crippen LogP contribution is 2.26. The van der Waals surface area contributed by atoms with E-state index >= 15 is 0 Å². The van der Waals surface area contributed by atoms with Crippen molar-refractivity contribution in [3.05, 3.63) is 0 Å². The number of hydrogen-bond acceptors (Lipinski definition) is 4. The molecule has 0 aliphatic carbocycles. The van der Waals surface area contributed by atoms with Crippen molar-refractivity contribution in [1.82, 2.24) is 0 Å². The zero-order valence-electron chi connectivity index (χ0n) is 6.67. The summed E-state index contributed by atoms with van der Waals surface area (Å²) in [5.74, 6) is -1.57. The van der Waals surface area contributed by atoms with Crippen LogP contribution in [0.2, 0.25) is 0 Å². The molecule has 5 heteroatoms. The highest BCUT2D eigenvalue weighted by molar-refractivity contribution is 5.73. The van der Waals surface area contributed by atoms with Gasteiger partial charge in [0.1, 0.15) is 6.10 Å². The molecule has 1 rings (SSSR count). The summed E-state index contributed by atoms with van der Waals surface area (Å²) >= 11 is 0. The SMILES string of the molecule is C[C@H]1[C@H](O)[C@@H](CO)O[C@@H]1C(=O)O. The molecule has 0 spiro atoms. The van der Waals surface area contributed by atoms with Gasteiger partial charge in [-0.05, 0) is 0 Å². The second-order valence-electron chi connectivity index (χ2n) is 2.97. The monoisotopic (exact) mass is 176 g/mol. The Bertz CT molecular complexity index is 181. The third-order valence-corrected chi connectivity index (χ3v) is 2.14. The van der Waals surface area contributed by atoms with Crippen LogP contribution in [0.1, 0.15) is 6.92 Å². The molecule has 1 aliphatic heterocycles. The van der Waals surface area contributed by atoms with Crippen LogP contribution < -0.4 is 0 Å². The summed E-state index contributed by atoms with van der Waals surface area (Å²) < 4.78 is 4.90. The van der Waals surface area contributed by atoms with E-state index in [1.807, 2.05) is 0 Å². The highest BCUT2D eigenvalue weighted by Gasteiger charge is 2.44. The molecule has 4 atom stereocenters. The number of aliphatic hydroxyl groups excluding tert-OH is 2. The summed E-state index contributed by atoms with van der Waals surface area (Å²) in [6, 6.07) is 0. The van der Waals surface area contributed by atoms with E-state index in [9.17, 15) is 9.90 Å². The zero-order chi connectivity index (χ0) is 9.30. The Labute approximate surface area is 69.6 Å². The van der Waals surface area contributed by atoms with Gasteiger partial charge in [0.2, 0.25) is 0 Å². The molecule has 0 aromatic carbocycles. The van der Waals surface area contributed by atoms with Crippen molar-refractivity contribution in [2.24, 2.45) is 5.92 Å². The fourth-order valence-electron chi connectivity index (χ4n) is 1.34. The molecule has 0 aromatic rings. The fraction of sp³-hybridized carbons (Fsp3) is 0.857. The third-order valence-electron chi connectivity index (χ3n) is 2.14. The van der Waals surface area contributed by atoms with E-state index in [0.717, 1.165) is 0 Å². The molecule has 1 aliphatic rings. The smallest absolute Gasteiger partial charge is 0.333 e. The molecule has 0 bridgehead atoms. The molecular formula is C7H12O5. The summed E-state index contributed by atoms with van der Waals surface area (Å²) in [5, 5.41) is 26.6. The lowest BCUT2D eigenvalue weighted by Crippen LogP contribution is -2.29. The van der Waals surface area contributed by atoms with Crippen molar-refractivity contribution in [3.8, 4) is 0 Å². The average Bonchev–Trinajstić information content (AvgIpc) is 2.30. The molecule has 0 unspecified atom stereocenters. The summed E-state index contributed by atoms with van der Waals surface area (Å²) in [5.41, 5.74) is 0. The van der Waals surface area contributed by atoms with E-state index in [1.54, 1.807) is 6.92 Å². The summed E-state index contributed by atoms with van der Waals surface area (Å²) in [4.78, 5) is 10.5. The molecule has 3 N–H and O–H groups in total. The number of aliphatic carboxylic acids is 1. The van der Waals surface area contributed by atoms with Crippen molar-refractivity contribution in [2.45, 2.75) is 25.2 Å². The van der Waals surface area contributed by atoms with Crippen molar-refractivity contribution >= 4 is 5.97 Å². The molecule has 0 radical (unpaired) electrons. The lowest BCUT2D eigenvalue weighted by molar-refractivity contribution is -0.151. The summed E-state index contributed by atoms with van der Waals surface area (Å²) in [6.45, 7) is 1.23. The van der Waals surface area contributed by atoms with E-state index in [1.165, 1.54) is 0 Å². The van der Waals surface area contributed by atoms with Gasteiger partial charge in [0.25, 0.3) is 0 Å². The van der Waals surface area contributed by atoms with Gasteiger partial charge in [0.15, 0.2) is 6.10 Å². The van der Waals surface area contributed by atoms with Crippen molar-refractivity contribution in [1.29, 1.82) is 0 Å². The van der Waals surface area contributed by atoms with Crippen LogP contribution in [0.4, 0.5) is 0 Å². The fourth-order valence-corrected chi connectivity index (χ4v) is 1.34. The zero-order valence-corrected chi connectivity index (χ0v) is 6.67. The predicted octanol–water partition coefficient (Wildman–Crippen LogP) is -1.17. The minimum absolute atomic E-state index is 0.352. The number of rotatable bonds is 2. The normalized spacial score (nSPS) is 41.6. The van der Waals surface area contributed by atoms with Gasteiger partial charge in [-0.25, -0.2) is 4.79 Å². The largest absolute Gasteiger partial charge is 0.479 e. The number of carboxylic acids is 1. The van der Waals surface area contributed by atoms with Crippen LogP contribution in [0.25, 0.3) is 0 Å². The number of carbonyl (C=O) groups is 1. The van der Waals surface area contributed by atoms with Crippen molar-refractivity contribution < 1.29 is 24.9 Å². The summed E-state index contributed by atoms with van der Waals surface area (Å²) in [6.07, 6.45) is -2.66. The first-order valence-corrected chi connectivity index (χ1v) is 3.75. The van der Waals surface area contributed by atoms with Gasteiger partial charge in [-0.3, -0.25) is 0 Å². The molecule has 0 amide bonds. The number of ether oxygens (including phenoxy) is 1. The van der Waals surface area contributed by atoms with Crippen LogP contribution in [0.5, 0.6) is 0 Å². The first-order valence-electron chi connectivity index (χ1n) is 3.75. The van der Waals surface area contributed by atoms with Gasteiger partial charge < -0.3 is 20.1 Å². The molecule has 12 heavy (non-hydrogen) atoms. The van der Waals surface area contributed by atoms with Gasteiger partial charge in [0.05, 0.1) is 12.7 Å². The number of carboxylic acid groups (broad SMARTS) is 1. The van der Waals surface area contributed by atoms with Crippen LogP contribution >= 0.6 is 0 Å². The number of hydrogen-bond donors (Lipinski definition) is 3. The molecule has 5 nitrogen and oxygen atoms in total. The standard InChI is InChI=1S/C7H12O5/c1-3-5(9)4(2-8)12-6(3)7(10)11/h3-6,8-9H,2H2,1H3,(H,10,11)/t3-,4+,5-,6-/m0/s1. The Morgan fingerprint density at radius 3 is 2.42 bits per heavy atom. The molecule has 1 saturated heterocycles. The third kappa shape index (κ3) is 1.43. The Morgan fingerprint density at radius 1 is 1.58 bits per heavy atom. The molecular weight excluding hydrogens is 164 g/mol. The highest BCUT2D eigenvalue weighted by atomic mass is 16.6. The average molecular weight is 176 g/mol. The minimum Gasteiger partial charge on any atom is -0.479 e. The molecule has 0 saturated carbocycles. The first-order chi connectivity index (χ1) is 5.57. The summed E-state index contributed by atoms with van der Waals surface area (Å²) in [7, 11) is 0. The van der Waals surface area contributed by atoms with Crippen LogP contribution in [0.3, 0.4) is 0 Å². The van der Waals surface area contributed by atoms with Crippen LogP contribution in [-0.4, -0.2) is 46.2 Å². The van der Waals surface area contributed by atoms with Crippen LogP contribution in [0, 0.1) is 5.92 Å². The Morgan fingerprint density at radius 2 is 2.17 bits per heavy atom. The molecule has 1 heterocycles. The molecule has 1 fully saturated rings. The second kappa shape index (κ2) is 3.38. The van der Waals surface area contributed by atoms with Gasteiger partial charge >= 0.3 is 5.97 Å². The maximum absolute atomic E-state index is 10.5. The van der Waals surface area contributed by atoms with Crippen LogP contribution in [-0.2, 0) is 9.53 Å². The Kier molecular flexibility index (Phi) is 2.66. The van der Waals surface area contributed by atoms with Crippen molar-refractivity contribution in [2.75, 3.05) is 6.61 Å². The number of aliphatic hydroxyl groups is 2. The van der Waals surface area contributed by atoms with Gasteiger partial charge in [-0.1, -0.05) is 6.92 Å². The van der Waals surface area contributed by atoms with Gasteiger partial charge in [0, 0.05) is 5.92 Å². The van der Waals surface area contributed by atoms with Gasteiger partial charge in [-0.2, -0.15) is 0 Å². The predicted molar refractivity (Wildman–Crippen MR) is 38.6 cm³/mol. The van der Waals surface area contributed by atoms with E-state index in [0.29, 0.717) is 0 Å². The lowest BCUT2D eigenvalue weighted by atomic mass is 9.99. The topological polar surface area (TPSA) is 87.0 Å². The Balaban J connectivity index is 2.66. The van der Waals surface area contributed by atoms with E-state index in [2.05, 4.69) is 0 Å². The van der Waals surface area contributed by atoms with E-state index < -0.39 is 30.2 Å². The lowest BCUT2D eigenvalue weighted by Gasteiger charge is -2.11. The van der Waals surface area contributed by atoms with Crippen molar-refractivity contribution in [3.63, 3.8) is 0 Å². The Hall–Kier alpha value is -0.650. The van der Waals surface area contributed by atoms with Crippen LogP contribution in [0.15, 0.2) is 0 Å².